The number of benzene rings is 1. The van der Waals surface area contributed by atoms with Crippen LogP contribution in [0.25, 0.3) is 10.9 Å². The van der Waals surface area contributed by atoms with Crippen LogP contribution in [0.15, 0.2) is 30.5 Å². The first-order valence-corrected chi connectivity index (χ1v) is 7.36. The van der Waals surface area contributed by atoms with Gasteiger partial charge in [-0.2, -0.15) is 0 Å². The highest BCUT2D eigenvalue weighted by Gasteiger charge is 2.26. The molecule has 0 saturated heterocycles. The highest BCUT2D eigenvalue weighted by molar-refractivity contribution is 6.06. The number of H-pyrrole nitrogens is 1. The second kappa shape index (κ2) is 5.67. The molecule has 20 heavy (non-hydrogen) atoms. The lowest BCUT2D eigenvalue weighted by Crippen LogP contribution is -2.44. The molecule has 2 aromatic rings. The zero-order chi connectivity index (χ0) is 13.9. The summed E-state index contributed by atoms with van der Waals surface area (Å²) in [6.45, 7) is 0.652. The van der Waals surface area contributed by atoms with Crippen molar-refractivity contribution in [2.75, 3.05) is 6.54 Å². The first kappa shape index (κ1) is 13.2. The van der Waals surface area contributed by atoms with Gasteiger partial charge < -0.3 is 16.0 Å². The molecule has 0 radical (unpaired) electrons. The minimum atomic E-state index is 0.0144. The zero-order valence-electron chi connectivity index (χ0n) is 11.6. The van der Waals surface area contributed by atoms with E-state index in [0.717, 1.165) is 29.3 Å². The monoisotopic (exact) mass is 271 g/mol. The van der Waals surface area contributed by atoms with Crippen molar-refractivity contribution >= 4 is 16.8 Å². The highest BCUT2D eigenvalue weighted by Crippen LogP contribution is 2.24. The quantitative estimate of drug-likeness (QED) is 0.802. The molecule has 4 nitrogen and oxygen atoms in total. The van der Waals surface area contributed by atoms with Gasteiger partial charge in [0, 0.05) is 28.7 Å². The van der Waals surface area contributed by atoms with E-state index in [2.05, 4.69) is 10.3 Å². The third-order valence-corrected chi connectivity index (χ3v) is 4.37. The van der Waals surface area contributed by atoms with Crippen LogP contribution in [0.2, 0.25) is 0 Å². The average molecular weight is 271 g/mol. The summed E-state index contributed by atoms with van der Waals surface area (Å²) in [7, 11) is 0. The second-order valence-corrected chi connectivity index (χ2v) is 5.60. The molecule has 1 aliphatic rings. The predicted octanol–water partition coefficient (Wildman–Crippen LogP) is 2.42. The number of fused-ring (bicyclic) bond motifs is 1. The number of rotatable bonds is 3. The van der Waals surface area contributed by atoms with E-state index < -0.39 is 0 Å². The summed E-state index contributed by atoms with van der Waals surface area (Å²) in [6, 6.07) is 7.94. The van der Waals surface area contributed by atoms with Gasteiger partial charge in [0.2, 0.25) is 0 Å². The maximum atomic E-state index is 12.5. The van der Waals surface area contributed by atoms with Gasteiger partial charge in [-0.05, 0) is 43.5 Å². The molecule has 1 heterocycles. The second-order valence-electron chi connectivity index (χ2n) is 5.60. The molecule has 4 N–H and O–H groups in total. The molecule has 3 rings (SSSR count). The SMILES string of the molecule is NCC1CCCCC1NC(=O)c1cccc2[nH]ccc12. The zero-order valence-corrected chi connectivity index (χ0v) is 11.6. The van der Waals surface area contributed by atoms with E-state index in [1.54, 1.807) is 0 Å². The van der Waals surface area contributed by atoms with Gasteiger partial charge in [-0.25, -0.2) is 0 Å². The molecular formula is C16H21N3O. The molecule has 1 aromatic carbocycles. The summed E-state index contributed by atoms with van der Waals surface area (Å²) in [6.07, 6.45) is 6.43. The molecule has 2 atom stereocenters. The summed E-state index contributed by atoms with van der Waals surface area (Å²) in [5.74, 6) is 0.429. The highest BCUT2D eigenvalue weighted by atomic mass is 16.1. The van der Waals surface area contributed by atoms with Gasteiger partial charge in [-0.15, -0.1) is 0 Å². The molecule has 1 aromatic heterocycles. The molecule has 1 saturated carbocycles. The van der Waals surface area contributed by atoms with E-state index in [0.29, 0.717) is 12.5 Å². The molecule has 0 spiro atoms. The number of carbonyl (C=O) groups is 1. The van der Waals surface area contributed by atoms with Crippen LogP contribution >= 0.6 is 0 Å². The van der Waals surface area contributed by atoms with Crippen molar-refractivity contribution < 1.29 is 4.79 Å². The summed E-state index contributed by atoms with van der Waals surface area (Å²) < 4.78 is 0. The van der Waals surface area contributed by atoms with Crippen molar-refractivity contribution in [3.05, 3.63) is 36.0 Å². The fraction of sp³-hybridized carbons (Fsp3) is 0.438. The van der Waals surface area contributed by atoms with Crippen molar-refractivity contribution in [1.82, 2.24) is 10.3 Å². The third kappa shape index (κ3) is 2.43. The van der Waals surface area contributed by atoms with E-state index in [1.165, 1.54) is 12.8 Å². The van der Waals surface area contributed by atoms with E-state index in [4.69, 9.17) is 5.73 Å². The Labute approximate surface area is 118 Å². The van der Waals surface area contributed by atoms with Gasteiger partial charge in [0.05, 0.1) is 0 Å². The van der Waals surface area contributed by atoms with Gasteiger partial charge in [0.15, 0.2) is 0 Å². The molecule has 106 valence electrons. The number of hydrogen-bond acceptors (Lipinski definition) is 2. The molecule has 1 amide bonds. The minimum absolute atomic E-state index is 0.0144. The van der Waals surface area contributed by atoms with E-state index in [-0.39, 0.29) is 11.9 Å². The van der Waals surface area contributed by atoms with Gasteiger partial charge in [-0.1, -0.05) is 18.9 Å². The topological polar surface area (TPSA) is 70.9 Å². The van der Waals surface area contributed by atoms with Gasteiger partial charge in [-0.3, -0.25) is 4.79 Å². The van der Waals surface area contributed by atoms with Crippen LogP contribution in [0.3, 0.4) is 0 Å². The van der Waals surface area contributed by atoms with Crippen molar-refractivity contribution in [2.45, 2.75) is 31.7 Å². The molecule has 1 aliphatic carbocycles. The van der Waals surface area contributed by atoms with Crippen LogP contribution in [0.1, 0.15) is 36.0 Å². The lowest BCUT2D eigenvalue weighted by Gasteiger charge is -2.31. The maximum Gasteiger partial charge on any atom is 0.252 e. The number of aromatic nitrogens is 1. The summed E-state index contributed by atoms with van der Waals surface area (Å²) in [5, 5.41) is 4.16. The van der Waals surface area contributed by atoms with Crippen LogP contribution in [-0.2, 0) is 0 Å². The molecule has 1 fully saturated rings. The van der Waals surface area contributed by atoms with Crippen molar-refractivity contribution in [3.8, 4) is 0 Å². The number of amides is 1. The molecule has 2 unspecified atom stereocenters. The van der Waals surface area contributed by atoms with Crippen molar-refractivity contribution in [1.29, 1.82) is 0 Å². The number of aromatic amines is 1. The van der Waals surface area contributed by atoms with Gasteiger partial charge in [0.25, 0.3) is 5.91 Å². The average Bonchev–Trinajstić information content (AvgIpc) is 2.96. The number of hydrogen-bond donors (Lipinski definition) is 3. The van der Waals surface area contributed by atoms with E-state index in [1.807, 2.05) is 30.5 Å². The Morgan fingerprint density at radius 3 is 3.00 bits per heavy atom. The molecular weight excluding hydrogens is 250 g/mol. The Balaban J connectivity index is 1.80. The predicted molar refractivity (Wildman–Crippen MR) is 80.6 cm³/mol. The van der Waals surface area contributed by atoms with Crippen molar-refractivity contribution in [3.63, 3.8) is 0 Å². The van der Waals surface area contributed by atoms with Crippen LogP contribution in [0, 0.1) is 5.92 Å². The fourth-order valence-electron chi connectivity index (χ4n) is 3.21. The Morgan fingerprint density at radius 1 is 1.30 bits per heavy atom. The first-order chi connectivity index (χ1) is 9.79. The number of nitrogens with two attached hydrogens (primary N) is 1. The van der Waals surface area contributed by atoms with Crippen LogP contribution < -0.4 is 11.1 Å². The largest absolute Gasteiger partial charge is 0.361 e. The lowest BCUT2D eigenvalue weighted by molar-refractivity contribution is 0.0910. The van der Waals surface area contributed by atoms with E-state index in [9.17, 15) is 4.79 Å². The van der Waals surface area contributed by atoms with Gasteiger partial charge >= 0.3 is 0 Å². The Hall–Kier alpha value is -1.81. The summed E-state index contributed by atoms with van der Waals surface area (Å²) in [4.78, 5) is 15.7. The Bertz CT molecular complexity index is 605. The summed E-state index contributed by atoms with van der Waals surface area (Å²) in [5.41, 5.74) is 7.56. The Kier molecular flexibility index (Phi) is 3.74. The van der Waals surface area contributed by atoms with Crippen LogP contribution in [0.4, 0.5) is 0 Å². The normalized spacial score (nSPS) is 22.9. The third-order valence-electron chi connectivity index (χ3n) is 4.37. The standard InChI is InChI=1S/C16H21N3O/c17-10-11-4-1-2-6-14(11)19-16(20)13-5-3-7-15-12(13)8-9-18-15/h3,5,7-9,11,14,18H,1-2,4,6,10,17H2,(H,19,20). The molecule has 0 bridgehead atoms. The van der Waals surface area contributed by atoms with Crippen LogP contribution in [-0.4, -0.2) is 23.5 Å². The lowest BCUT2D eigenvalue weighted by atomic mass is 9.84. The van der Waals surface area contributed by atoms with Crippen molar-refractivity contribution in [2.24, 2.45) is 11.7 Å². The summed E-state index contributed by atoms with van der Waals surface area (Å²) >= 11 is 0. The van der Waals surface area contributed by atoms with E-state index >= 15 is 0 Å². The van der Waals surface area contributed by atoms with Crippen LogP contribution in [0.5, 0.6) is 0 Å². The van der Waals surface area contributed by atoms with Gasteiger partial charge in [0.1, 0.15) is 0 Å². The fourth-order valence-corrected chi connectivity index (χ4v) is 3.21. The molecule has 4 heteroatoms. The maximum absolute atomic E-state index is 12.5. The molecule has 0 aliphatic heterocycles. The Morgan fingerprint density at radius 2 is 2.15 bits per heavy atom. The smallest absolute Gasteiger partial charge is 0.252 e. The first-order valence-electron chi connectivity index (χ1n) is 7.36. The number of nitrogens with one attached hydrogen (secondary N) is 2. The number of carbonyl (C=O) groups excluding carboxylic acids is 1. The minimum Gasteiger partial charge on any atom is -0.361 e.